The molecule has 0 saturated heterocycles. The van der Waals surface area contributed by atoms with Crippen molar-refractivity contribution in [3.63, 3.8) is 0 Å². The van der Waals surface area contributed by atoms with Crippen molar-refractivity contribution < 1.29 is 19.3 Å². The summed E-state index contributed by atoms with van der Waals surface area (Å²) < 4.78 is 5.00. The Hall–Kier alpha value is -1.39. The van der Waals surface area contributed by atoms with E-state index in [9.17, 15) is 4.79 Å². The second kappa shape index (κ2) is 7.26. The number of ether oxygens (including phenoxy) is 1. The molecule has 4 nitrogen and oxygen atoms in total. The van der Waals surface area contributed by atoms with Crippen LogP contribution in [0.25, 0.3) is 0 Å². The third-order valence-corrected chi connectivity index (χ3v) is 2.57. The summed E-state index contributed by atoms with van der Waals surface area (Å²) in [4.78, 5) is 20.9. The molecule has 4 heteroatoms. The highest BCUT2D eigenvalue weighted by molar-refractivity contribution is 5.88. The van der Waals surface area contributed by atoms with E-state index in [1.807, 2.05) is 19.1 Å². The fourth-order valence-electron chi connectivity index (χ4n) is 1.43. The summed E-state index contributed by atoms with van der Waals surface area (Å²) in [5, 5.41) is 0. The van der Waals surface area contributed by atoms with Gasteiger partial charge in [0.05, 0.1) is 12.2 Å². The Morgan fingerprint density at radius 3 is 2.37 bits per heavy atom. The Kier molecular flexibility index (Phi) is 5.99. The van der Waals surface area contributed by atoms with E-state index in [4.69, 9.17) is 4.74 Å². The van der Waals surface area contributed by atoms with Crippen molar-refractivity contribution in [2.75, 3.05) is 13.2 Å². The van der Waals surface area contributed by atoms with Crippen LogP contribution in [0.1, 0.15) is 43.6 Å². The van der Waals surface area contributed by atoms with E-state index in [0.29, 0.717) is 12.2 Å². The van der Waals surface area contributed by atoms with Crippen molar-refractivity contribution in [2.24, 2.45) is 0 Å². The first-order valence-electron chi connectivity index (χ1n) is 6.32. The Labute approximate surface area is 114 Å². The van der Waals surface area contributed by atoms with Gasteiger partial charge >= 0.3 is 5.97 Å². The molecule has 0 bridgehead atoms. The molecule has 0 aliphatic heterocycles. The average molecular weight is 265 g/mol. The van der Waals surface area contributed by atoms with E-state index in [-0.39, 0.29) is 12.0 Å². The highest BCUT2D eigenvalue weighted by atomic mass is 17.2. The maximum atomic E-state index is 11.6. The predicted molar refractivity (Wildman–Crippen MR) is 72.4 cm³/mol. The van der Waals surface area contributed by atoms with Crippen LogP contribution in [0.5, 0.6) is 0 Å². The lowest BCUT2D eigenvalue weighted by molar-refractivity contribution is -0.218. The first-order chi connectivity index (χ1) is 8.95. The van der Waals surface area contributed by atoms with E-state index in [2.05, 4.69) is 30.5 Å². The van der Waals surface area contributed by atoms with Gasteiger partial charge in [0, 0.05) is 6.61 Å². The van der Waals surface area contributed by atoms with Gasteiger partial charge in [-0.05, 0) is 30.0 Å². The zero-order valence-corrected chi connectivity index (χ0v) is 11.9. The molecule has 19 heavy (non-hydrogen) atoms. The van der Waals surface area contributed by atoms with Crippen molar-refractivity contribution in [3.8, 4) is 0 Å². The monoisotopic (exact) mass is 265 g/mol. The minimum absolute atomic E-state index is 0.0597. The van der Waals surface area contributed by atoms with Crippen LogP contribution in [-0.4, -0.2) is 19.2 Å². The van der Waals surface area contributed by atoms with Crippen molar-refractivity contribution in [1.29, 1.82) is 0 Å². The van der Waals surface area contributed by atoms with Crippen LogP contribution >= 0.6 is 0 Å². The van der Waals surface area contributed by atoms with Gasteiger partial charge in [-0.25, -0.2) is 4.79 Å². The second-order valence-electron chi connectivity index (χ2n) is 5.12. The largest absolute Gasteiger partial charge is 0.379 e. The molecule has 0 heterocycles. The van der Waals surface area contributed by atoms with Gasteiger partial charge in [0.15, 0.2) is 6.61 Å². The topological polar surface area (TPSA) is 44.8 Å². The van der Waals surface area contributed by atoms with Crippen molar-refractivity contribution in [3.05, 3.63) is 42.0 Å². The Balaban J connectivity index is 2.45. The fraction of sp³-hybridized carbons (Fsp3) is 0.467. The number of rotatable bonds is 6. The summed E-state index contributed by atoms with van der Waals surface area (Å²) >= 11 is 0. The molecular formula is C15H21O4. The number of carbonyl (C=O) groups is 1. The molecule has 0 saturated carbocycles. The first kappa shape index (κ1) is 15.7. The molecule has 0 amide bonds. The normalized spacial score (nSPS) is 11.4. The van der Waals surface area contributed by atoms with Crippen LogP contribution in [0.4, 0.5) is 0 Å². The summed E-state index contributed by atoms with van der Waals surface area (Å²) in [7, 11) is 0. The lowest BCUT2D eigenvalue weighted by Crippen LogP contribution is -2.12. The third-order valence-electron chi connectivity index (χ3n) is 2.57. The quantitative estimate of drug-likeness (QED) is 0.450. The maximum absolute atomic E-state index is 11.6. The third kappa shape index (κ3) is 5.41. The van der Waals surface area contributed by atoms with E-state index in [1.165, 1.54) is 6.61 Å². The van der Waals surface area contributed by atoms with Gasteiger partial charge in [-0.3, -0.25) is 4.89 Å². The van der Waals surface area contributed by atoms with Gasteiger partial charge in [0.25, 0.3) is 0 Å². The molecule has 0 atom stereocenters. The van der Waals surface area contributed by atoms with Crippen molar-refractivity contribution >= 4 is 5.97 Å². The van der Waals surface area contributed by atoms with Gasteiger partial charge in [-0.1, -0.05) is 32.9 Å². The van der Waals surface area contributed by atoms with E-state index in [0.717, 1.165) is 5.56 Å². The lowest BCUT2D eigenvalue weighted by Gasteiger charge is -2.18. The van der Waals surface area contributed by atoms with Crippen LogP contribution < -0.4 is 0 Å². The van der Waals surface area contributed by atoms with E-state index >= 15 is 0 Å². The summed E-state index contributed by atoms with van der Waals surface area (Å²) in [6, 6.07) is 7.30. The Morgan fingerprint density at radius 1 is 1.21 bits per heavy atom. The molecule has 1 aromatic rings. The Morgan fingerprint density at radius 2 is 1.84 bits per heavy atom. The van der Waals surface area contributed by atoms with Crippen molar-refractivity contribution in [1.82, 2.24) is 0 Å². The molecule has 0 aliphatic rings. The van der Waals surface area contributed by atoms with Gasteiger partial charge in [-0.2, -0.15) is 4.89 Å². The summed E-state index contributed by atoms with van der Waals surface area (Å²) in [6.07, 6.45) is 0. The van der Waals surface area contributed by atoms with Gasteiger partial charge < -0.3 is 4.74 Å². The molecule has 1 rings (SSSR count). The standard InChI is InChI=1S/C15H21O4/c1-5-17-10-11-18-19-14(16)12-6-8-13(9-7-12)15(2,3)4/h6-9,11H,5,10H2,1-4H3. The highest BCUT2D eigenvalue weighted by Gasteiger charge is 2.15. The smallest absolute Gasteiger partial charge is 0.373 e. The van der Waals surface area contributed by atoms with Crippen LogP contribution in [0.3, 0.4) is 0 Å². The lowest BCUT2D eigenvalue weighted by atomic mass is 9.87. The van der Waals surface area contributed by atoms with E-state index < -0.39 is 5.97 Å². The maximum Gasteiger partial charge on any atom is 0.373 e. The predicted octanol–water partition coefficient (Wildman–Crippen LogP) is 3.27. The zero-order chi connectivity index (χ0) is 14.3. The van der Waals surface area contributed by atoms with Gasteiger partial charge in [-0.15, -0.1) is 0 Å². The summed E-state index contributed by atoms with van der Waals surface area (Å²) in [6.45, 7) is 10.4. The Bertz CT molecular complexity index is 390. The average Bonchev–Trinajstić information content (AvgIpc) is 2.37. The summed E-state index contributed by atoms with van der Waals surface area (Å²) in [5.41, 5.74) is 1.68. The molecule has 0 spiro atoms. The fourth-order valence-corrected chi connectivity index (χ4v) is 1.43. The number of hydrogen-bond acceptors (Lipinski definition) is 4. The molecule has 105 valence electrons. The first-order valence-corrected chi connectivity index (χ1v) is 6.32. The minimum atomic E-state index is -0.520. The van der Waals surface area contributed by atoms with Gasteiger partial charge in [0.1, 0.15) is 0 Å². The molecule has 0 aromatic heterocycles. The second-order valence-corrected chi connectivity index (χ2v) is 5.12. The van der Waals surface area contributed by atoms with Crippen LogP contribution in [0, 0.1) is 6.61 Å². The molecule has 1 radical (unpaired) electrons. The SMILES string of the molecule is CCOC[CH]OOC(=O)c1ccc(C(C)(C)C)cc1. The van der Waals surface area contributed by atoms with Gasteiger partial charge in [0.2, 0.25) is 0 Å². The van der Waals surface area contributed by atoms with Crippen LogP contribution in [0.15, 0.2) is 24.3 Å². The van der Waals surface area contributed by atoms with Crippen molar-refractivity contribution in [2.45, 2.75) is 33.1 Å². The number of carbonyl (C=O) groups excluding carboxylic acids is 1. The molecule has 0 fully saturated rings. The van der Waals surface area contributed by atoms with E-state index in [1.54, 1.807) is 12.1 Å². The summed E-state index contributed by atoms with van der Waals surface area (Å²) in [5.74, 6) is -0.520. The highest BCUT2D eigenvalue weighted by Crippen LogP contribution is 2.22. The number of benzene rings is 1. The van der Waals surface area contributed by atoms with Crippen LogP contribution in [-0.2, 0) is 19.9 Å². The van der Waals surface area contributed by atoms with Crippen LogP contribution in [0.2, 0.25) is 0 Å². The molecule has 0 unspecified atom stereocenters. The minimum Gasteiger partial charge on any atom is -0.379 e. The zero-order valence-electron chi connectivity index (χ0n) is 11.9. The number of hydrogen-bond donors (Lipinski definition) is 0. The molecule has 1 aromatic carbocycles. The molecular weight excluding hydrogens is 244 g/mol. The molecule has 0 aliphatic carbocycles. The molecule has 0 N–H and O–H groups in total.